The molecule has 1 unspecified atom stereocenters. The number of para-hydroxylation sites is 2. The second kappa shape index (κ2) is 8.88. The zero-order valence-electron chi connectivity index (χ0n) is 20.0. The number of nitrogen functional groups attached to an aromatic ring is 2. The number of aromatic nitrogens is 4. The lowest BCUT2D eigenvalue weighted by molar-refractivity contribution is 0.435. The van der Waals surface area contributed by atoms with Crippen LogP contribution >= 0.6 is 0 Å². The highest BCUT2D eigenvalue weighted by atomic mass is 16.5. The number of ether oxygens (including phenoxy) is 1. The largest absolute Gasteiger partial charge is 0.457 e. The number of aryl methyl sites for hydroxylation is 1. The Bertz CT molecular complexity index is 1540. The number of nitrogens with two attached hydrogens (primary N) is 2. The highest BCUT2D eigenvalue weighted by Gasteiger charge is 2.28. The minimum atomic E-state index is 0.0521. The van der Waals surface area contributed by atoms with Crippen molar-refractivity contribution in [2.75, 3.05) is 22.9 Å². The smallest absolute Gasteiger partial charge is 0.224 e. The Morgan fingerprint density at radius 3 is 2.58 bits per heavy atom. The van der Waals surface area contributed by atoms with Gasteiger partial charge in [-0.25, -0.2) is 4.68 Å². The van der Waals surface area contributed by atoms with E-state index in [2.05, 4.69) is 69.4 Å². The molecule has 5 aromatic rings. The quantitative estimate of drug-likeness (QED) is 0.371. The third-order valence-electron chi connectivity index (χ3n) is 6.65. The van der Waals surface area contributed by atoms with Gasteiger partial charge >= 0.3 is 0 Å². The van der Waals surface area contributed by atoms with E-state index in [-0.39, 0.29) is 12.0 Å². The molecule has 0 saturated heterocycles. The summed E-state index contributed by atoms with van der Waals surface area (Å²) in [5.74, 6) is 2.16. The number of anilines is 3. The fraction of sp³-hybridized carbons (Fsp3) is 0.179. The molecule has 2 aromatic heterocycles. The molecule has 1 aliphatic rings. The van der Waals surface area contributed by atoms with Crippen LogP contribution in [0.3, 0.4) is 0 Å². The Hall–Kier alpha value is -4.59. The molecule has 0 fully saturated rings. The Morgan fingerprint density at radius 2 is 1.72 bits per heavy atom. The molecule has 4 N–H and O–H groups in total. The monoisotopic (exact) mass is 477 g/mol. The summed E-state index contributed by atoms with van der Waals surface area (Å²) < 4.78 is 8.22. The zero-order valence-corrected chi connectivity index (χ0v) is 20.0. The van der Waals surface area contributed by atoms with Crippen LogP contribution in [0.15, 0.2) is 79.0 Å². The van der Waals surface area contributed by atoms with E-state index in [4.69, 9.17) is 16.2 Å². The molecular formula is C28H27N7O. The molecule has 8 heteroatoms. The van der Waals surface area contributed by atoms with E-state index < -0.39 is 0 Å². The SMILES string of the molecule is Cc1ccc(Oc2ccccc2CN2CC(n3ncc4c(N)nc(N)nc43)Cc3ccccc32)cc1. The summed E-state index contributed by atoms with van der Waals surface area (Å²) in [7, 11) is 0. The fourth-order valence-corrected chi connectivity index (χ4v) is 4.88. The molecule has 6 rings (SSSR count). The number of nitrogens with zero attached hydrogens (tertiary/aromatic N) is 5. The minimum absolute atomic E-state index is 0.0521. The van der Waals surface area contributed by atoms with Crippen molar-refractivity contribution in [1.82, 2.24) is 19.7 Å². The molecule has 3 aromatic carbocycles. The van der Waals surface area contributed by atoms with Crippen molar-refractivity contribution >= 4 is 28.5 Å². The highest BCUT2D eigenvalue weighted by Crippen LogP contribution is 2.36. The van der Waals surface area contributed by atoms with Gasteiger partial charge in [-0.2, -0.15) is 15.1 Å². The van der Waals surface area contributed by atoms with Gasteiger partial charge in [-0.3, -0.25) is 0 Å². The van der Waals surface area contributed by atoms with Gasteiger partial charge in [0, 0.05) is 24.3 Å². The van der Waals surface area contributed by atoms with Crippen LogP contribution in [0, 0.1) is 6.92 Å². The molecule has 0 spiro atoms. The number of hydrogen-bond acceptors (Lipinski definition) is 7. The lowest BCUT2D eigenvalue weighted by atomic mass is 9.97. The Balaban J connectivity index is 1.34. The summed E-state index contributed by atoms with van der Waals surface area (Å²) in [6.07, 6.45) is 2.55. The predicted molar refractivity (Wildman–Crippen MR) is 142 cm³/mol. The summed E-state index contributed by atoms with van der Waals surface area (Å²) in [4.78, 5) is 10.9. The summed E-state index contributed by atoms with van der Waals surface area (Å²) >= 11 is 0. The lowest BCUT2D eigenvalue weighted by Crippen LogP contribution is -2.36. The minimum Gasteiger partial charge on any atom is -0.457 e. The van der Waals surface area contributed by atoms with E-state index in [1.54, 1.807) is 6.20 Å². The highest BCUT2D eigenvalue weighted by molar-refractivity contribution is 5.86. The lowest BCUT2D eigenvalue weighted by Gasteiger charge is -2.36. The molecule has 0 bridgehead atoms. The number of benzene rings is 3. The normalized spacial score (nSPS) is 15.1. The second-order valence-electron chi connectivity index (χ2n) is 9.18. The average Bonchev–Trinajstić information content (AvgIpc) is 3.31. The third-order valence-corrected chi connectivity index (χ3v) is 6.65. The summed E-state index contributed by atoms with van der Waals surface area (Å²) in [6, 6.07) is 24.9. The van der Waals surface area contributed by atoms with E-state index in [1.165, 1.54) is 16.8 Å². The number of fused-ring (bicyclic) bond motifs is 2. The van der Waals surface area contributed by atoms with Crippen LogP contribution in [0.1, 0.15) is 22.7 Å². The van der Waals surface area contributed by atoms with Gasteiger partial charge in [-0.05, 0) is 43.2 Å². The molecule has 0 radical (unpaired) electrons. The first-order valence-corrected chi connectivity index (χ1v) is 12.0. The van der Waals surface area contributed by atoms with Crippen LogP contribution < -0.4 is 21.1 Å². The maximum atomic E-state index is 6.29. The van der Waals surface area contributed by atoms with Crippen LogP contribution in [0.2, 0.25) is 0 Å². The maximum absolute atomic E-state index is 6.29. The van der Waals surface area contributed by atoms with Gasteiger partial charge in [0.05, 0.1) is 17.6 Å². The molecule has 3 heterocycles. The Kier molecular flexibility index (Phi) is 5.41. The molecular weight excluding hydrogens is 450 g/mol. The van der Waals surface area contributed by atoms with Crippen molar-refractivity contribution in [3.05, 3.63) is 95.7 Å². The summed E-state index contributed by atoms with van der Waals surface area (Å²) in [5.41, 5.74) is 17.4. The van der Waals surface area contributed by atoms with Crippen molar-refractivity contribution in [2.45, 2.75) is 25.9 Å². The number of hydrogen-bond donors (Lipinski definition) is 2. The first-order valence-electron chi connectivity index (χ1n) is 12.0. The predicted octanol–water partition coefficient (Wildman–Crippen LogP) is 4.90. The summed E-state index contributed by atoms with van der Waals surface area (Å²) in [6.45, 7) is 3.50. The first-order chi connectivity index (χ1) is 17.5. The van der Waals surface area contributed by atoms with Gasteiger partial charge in [0.1, 0.15) is 17.3 Å². The van der Waals surface area contributed by atoms with E-state index in [1.807, 2.05) is 35.0 Å². The van der Waals surface area contributed by atoms with E-state index >= 15 is 0 Å². The van der Waals surface area contributed by atoms with Crippen molar-refractivity contribution in [1.29, 1.82) is 0 Å². The van der Waals surface area contributed by atoms with Crippen molar-refractivity contribution < 1.29 is 4.74 Å². The Morgan fingerprint density at radius 1 is 0.944 bits per heavy atom. The molecule has 36 heavy (non-hydrogen) atoms. The molecule has 0 saturated carbocycles. The van der Waals surface area contributed by atoms with Gasteiger partial charge < -0.3 is 21.1 Å². The first kappa shape index (κ1) is 21.9. The maximum Gasteiger partial charge on any atom is 0.224 e. The third kappa shape index (κ3) is 4.07. The van der Waals surface area contributed by atoms with Crippen LogP contribution in [-0.4, -0.2) is 26.3 Å². The molecule has 0 aliphatic carbocycles. The van der Waals surface area contributed by atoms with Gasteiger partial charge in [0.2, 0.25) is 5.95 Å². The van der Waals surface area contributed by atoms with Gasteiger partial charge in [0.15, 0.2) is 5.65 Å². The van der Waals surface area contributed by atoms with Crippen molar-refractivity contribution in [2.24, 2.45) is 0 Å². The van der Waals surface area contributed by atoms with Crippen molar-refractivity contribution in [3.63, 3.8) is 0 Å². The molecule has 1 aliphatic heterocycles. The van der Waals surface area contributed by atoms with E-state index in [0.717, 1.165) is 30.0 Å². The molecule has 1 atom stereocenters. The van der Waals surface area contributed by atoms with Gasteiger partial charge in [-0.15, -0.1) is 0 Å². The topological polar surface area (TPSA) is 108 Å². The van der Waals surface area contributed by atoms with E-state index in [9.17, 15) is 0 Å². The van der Waals surface area contributed by atoms with Gasteiger partial charge in [-0.1, -0.05) is 54.1 Å². The van der Waals surface area contributed by atoms with Crippen LogP contribution in [0.5, 0.6) is 11.5 Å². The standard InChI is InChI=1S/C28H27N7O/c1-18-10-12-22(13-11-18)36-25-9-5-3-7-20(25)16-34-17-21(14-19-6-2-4-8-24(19)34)35-27-23(15-31-35)26(29)32-28(30)33-27/h2-13,15,21H,14,16-17H2,1H3,(H4,29,30,32,33). The zero-order chi connectivity index (χ0) is 24.6. The number of rotatable bonds is 5. The second-order valence-corrected chi connectivity index (χ2v) is 9.18. The van der Waals surface area contributed by atoms with Crippen LogP contribution in [-0.2, 0) is 13.0 Å². The molecule has 8 nitrogen and oxygen atoms in total. The average molecular weight is 478 g/mol. The van der Waals surface area contributed by atoms with Gasteiger partial charge in [0.25, 0.3) is 0 Å². The van der Waals surface area contributed by atoms with E-state index in [0.29, 0.717) is 23.4 Å². The molecule has 0 amide bonds. The molecule has 180 valence electrons. The fourth-order valence-electron chi connectivity index (χ4n) is 4.88. The van der Waals surface area contributed by atoms with Crippen LogP contribution in [0.4, 0.5) is 17.5 Å². The van der Waals surface area contributed by atoms with Crippen molar-refractivity contribution in [3.8, 4) is 11.5 Å². The summed E-state index contributed by atoms with van der Waals surface area (Å²) in [5, 5.41) is 5.36. The Labute approximate surface area is 209 Å². The van der Waals surface area contributed by atoms with Crippen LogP contribution in [0.25, 0.3) is 11.0 Å².